The van der Waals surface area contributed by atoms with Crippen molar-refractivity contribution in [2.24, 2.45) is 0 Å². The molecule has 0 aromatic rings. The number of carbonyl (C=O) groups excluding carboxylic acids is 3. The van der Waals surface area contributed by atoms with E-state index in [0.717, 1.165) is 103 Å². The lowest BCUT2D eigenvalue weighted by atomic mass is 10.1. The Labute approximate surface area is 486 Å². The summed E-state index contributed by atoms with van der Waals surface area (Å²) < 4.78 is 39.5. The van der Waals surface area contributed by atoms with Crippen molar-refractivity contribution in [3.8, 4) is 0 Å². The molecule has 0 spiro atoms. The van der Waals surface area contributed by atoms with E-state index < -0.39 is 57.8 Å². The Morgan fingerprint density at radius 2 is 0.662 bits per heavy atom. The van der Waals surface area contributed by atoms with Gasteiger partial charge in [-0.3, -0.25) is 23.4 Å². The molecule has 0 amide bonds. The molecular formula is C68H109O11P. The smallest absolute Gasteiger partial charge is 0.462 e. The molecule has 0 saturated heterocycles. The van der Waals surface area contributed by atoms with Gasteiger partial charge in [0.15, 0.2) is 6.10 Å². The summed E-state index contributed by atoms with van der Waals surface area (Å²) in [5, 5.41) is 9.83. The zero-order chi connectivity index (χ0) is 58.3. The van der Waals surface area contributed by atoms with Gasteiger partial charge in [0.05, 0.1) is 19.8 Å². The van der Waals surface area contributed by atoms with E-state index in [2.05, 4.69) is 148 Å². The molecule has 11 nitrogen and oxygen atoms in total. The number of phosphoric ester groups is 1. The van der Waals surface area contributed by atoms with Gasteiger partial charge in [-0.1, -0.05) is 224 Å². The number of hydrogen-bond donors (Lipinski definition) is 2. The monoisotopic (exact) mass is 1130 g/mol. The Kier molecular flexibility index (Phi) is 56.9. The maximum absolute atomic E-state index is 12.9. The van der Waals surface area contributed by atoms with Crippen LogP contribution >= 0.6 is 7.82 Å². The van der Waals surface area contributed by atoms with E-state index in [4.69, 9.17) is 23.3 Å². The second-order valence-electron chi connectivity index (χ2n) is 19.7. The van der Waals surface area contributed by atoms with Gasteiger partial charge < -0.3 is 24.2 Å². The van der Waals surface area contributed by atoms with Gasteiger partial charge in [-0.2, -0.15) is 0 Å². The first-order valence-corrected chi connectivity index (χ1v) is 32.2. The summed E-state index contributed by atoms with van der Waals surface area (Å²) >= 11 is 0. The highest BCUT2D eigenvalue weighted by Gasteiger charge is 2.28. The van der Waals surface area contributed by atoms with Crippen LogP contribution in [-0.4, -0.2) is 66.5 Å². The van der Waals surface area contributed by atoms with Gasteiger partial charge >= 0.3 is 25.7 Å². The van der Waals surface area contributed by atoms with Crippen molar-refractivity contribution in [1.82, 2.24) is 0 Å². The van der Waals surface area contributed by atoms with E-state index in [9.17, 15) is 28.9 Å². The third-order valence-electron chi connectivity index (χ3n) is 12.2. The van der Waals surface area contributed by atoms with Crippen molar-refractivity contribution >= 4 is 25.7 Å². The van der Waals surface area contributed by atoms with Crippen LogP contribution in [0.4, 0.5) is 0 Å². The van der Waals surface area contributed by atoms with Crippen molar-refractivity contribution < 1.29 is 52.2 Å². The first kappa shape index (κ1) is 75.4. The lowest BCUT2D eigenvalue weighted by Gasteiger charge is -2.21. The summed E-state index contributed by atoms with van der Waals surface area (Å²) in [6.45, 7) is 4.25. The SMILES string of the molecule is CC/C=C\C/C=C\C/C=C\C/C=C\C/C=C\CCCC(=O)OCC(COP(=O)(O)OCC(CO)OC(=O)CCC/C=C\C/C=C\C/C=C\C/C=C\C/C=C\CC)OC(=O)CCCCCCCCCCC/C=C\C/C=C\CCCCC. The number of carbonyl (C=O) groups is 3. The van der Waals surface area contributed by atoms with Crippen LogP contribution in [0.15, 0.2) is 146 Å². The first-order chi connectivity index (χ1) is 39.2. The Bertz CT molecular complexity index is 1900. The molecule has 3 atom stereocenters. The van der Waals surface area contributed by atoms with Crippen molar-refractivity contribution in [3.05, 3.63) is 146 Å². The molecule has 80 heavy (non-hydrogen) atoms. The topological polar surface area (TPSA) is 155 Å². The maximum Gasteiger partial charge on any atom is 0.472 e. The minimum absolute atomic E-state index is 0.0871. The predicted molar refractivity (Wildman–Crippen MR) is 334 cm³/mol. The quantitative estimate of drug-likeness (QED) is 0.0197. The van der Waals surface area contributed by atoms with E-state index in [1.165, 1.54) is 51.4 Å². The number of aliphatic hydroxyl groups excluding tert-OH is 1. The highest BCUT2D eigenvalue weighted by atomic mass is 31.2. The molecule has 0 fully saturated rings. The largest absolute Gasteiger partial charge is 0.472 e. The average molecular weight is 1130 g/mol. The van der Waals surface area contributed by atoms with Crippen molar-refractivity contribution in [2.75, 3.05) is 26.4 Å². The zero-order valence-corrected chi connectivity index (χ0v) is 50.9. The average Bonchev–Trinajstić information content (AvgIpc) is 3.45. The van der Waals surface area contributed by atoms with Gasteiger partial charge in [0.1, 0.15) is 12.7 Å². The predicted octanol–water partition coefficient (Wildman–Crippen LogP) is 18.7. The number of unbranched alkanes of at least 4 members (excludes halogenated alkanes) is 14. The fraction of sp³-hybridized carbons (Fsp3) is 0.603. The molecule has 0 aliphatic carbocycles. The summed E-state index contributed by atoms with van der Waals surface area (Å²) in [6.07, 6.45) is 78.1. The standard InChI is InChI=1S/C68H109O11P/c1-4-7-10-13-16-19-22-25-28-31-32-35-38-41-44-47-50-53-56-59-68(72)79-65(61-75-66(70)57-54-51-48-45-42-39-36-33-29-26-23-20-17-14-11-8-5-2)63-77-80(73,74)76-62-64(60-69)78-67(71)58-55-52-49-46-43-40-37-34-30-27-24-21-18-15-12-9-6-3/h8-9,11-12,16-21,25-30,36-37,39-40,45-46,48-49,64-65,69H,4-7,10,13-15,22-24,31-35,38,41-44,47,50-63H2,1-3H3,(H,73,74)/b11-8-,12-9-,19-16-,20-17-,21-18-,28-25-,29-26-,30-27-,39-36-,40-37-,48-45-,49-46-. The number of rotatable bonds is 55. The van der Waals surface area contributed by atoms with Crippen LogP contribution in [0.5, 0.6) is 0 Å². The lowest BCUT2D eigenvalue weighted by Crippen LogP contribution is -2.30. The highest BCUT2D eigenvalue weighted by molar-refractivity contribution is 7.47. The summed E-state index contributed by atoms with van der Waals surface area (Å²) in [5.41, 5.74) is 0. The van der Waals surface area contributed by atoms with Crippen LogP contribution in [0, 0.1) is 0 Å². The Balaban J connectivity index is 4.87. The molecule has 0 aliphatic rings. The number of aliphatic hydroxyl groups is 1. The number of esters is 3. The fourth-order valence-corrected chi connectivity index (χ4v) is 8.42. The Morgan fingerprint density at radius 3 is 1.05 bits per heavy atom. The summed E-state index contributed by atoms with van der Waals surface area (Å²) in [5.74, 6) is -1.62. The lowest BCUT2D eigenvalue weighted by molar-refractivity contribution is -0.161. The van der Waals surface area contributed by atoms with Gasteiger partial charge in [-0.05, 0) is 128 Å². The van der Waals surface area contributed by atoms with Gasteiger partial charge in [-0.25, -0.2) is 4.57 Å². The molecule has 452 valence electrons. The normalized spacial score (nSPS) is 14.3. The number of ether oxygens (including phenoxy) is 3. The van der Waals surface area contributed by atoms with E-state index in [1.807, 2.05) is 18.2 Å². The maximum atomic E-state index is 12.9. The van der Waals surface area contributed by atoms with E-state index >= 15 is 0 Å². The molecule has 0 aromatic heterocycles. The number of allylic oxidation sites excluding steroid dienone is 24. The molecule has 0 aliphatic heterocycles. The second-order valence-corrected chi connectivity index (χ2v) is 21.2. The first-order valence-electron chi connectivity index (χ1n) is 30.7. The summed E-state index contributed by atoms with van der Waals surface area (Å²) in [6, 6.07) is 0. The van der Waals surface area contributed by atoms with Crippen LogP contribution in [0.2, 0.25) is 0 Å². The molecule has 2 N–H and O–H groups in total. The highest BCUT2D eigenvalue weighted by Crippen LogP contribution is 2.43. The van der Waals surface area contributed by atoms with Crippen LogP contribution < -0.4 is 0 Å². The minimum atomic E-state index is -4.79. The minimum Gasteiger partial charge on any atom is -0.462 e. The van der Waals surface area contributed by atoms with Crippen molar-refractivity contribution in [3.63, 3.8) is 0 Å². The van der Waals surface area contributed by atoms with Gasteiger partial charge in [-0.15, -0.1) is 0 Å². The zero-order valence-electron chi connectivity index (χ0n) is 50.0. The molecule has 3 unspecified atom stereocenters. The van der Waals surface area contributed by atoms with Crippen LogP contribution in [0.25, 0.3) is 0 Å². The van der Waals surface area contributed by atoms with E-state index in [1.54, 1.807) is 0 Å². The Morgan fingerprint density at radius 1 is 0.362 bits per heavy atom. The number of hydrogen-bond acceptors (Lipinski definition) is 10. The van der Waals surface area contributed by atoms with Crippen LogP contribution in [0.3, 0.4) is 0 Å². The van der Waals surface area contributed by atoms with Gasteiger partial charge in [0.25, 0.3) is 0 Å². The molecule has 0 aromatic carbocycles. The number of phosphoric acid groups is 1. The molecule has 0 radical (unpaired) electrons. The van der Waals surface area contributed by atoms with Gasteiger partial charge in [0, 0.05) is 19.3 Å². The molecule has 0 heterocycles. The third-order valence-corrected chi connectivity index (χ3v) is 13.2. The second kappa shape index (κ2) is 60.5. The van der Waals surface area contributed by atoms with E-state index in [0.29, 0.717) is 32.1 Å². The summed E-state index contributed by atoms with van der Waals surface area (Å²) in [4.78, 5) is 48.7. The summed E-state index contributed by atoms with van der Waals surface area (Å²) in [7, 11) is -4.79. The van der Waals surface area contributed by atoms with Gasteiger partial charge in [0.2, 0.25) is 0 Å². The molecule has 0 bridgehead atoms. The Hall–Kier alpha value is -4.64. The molecule has 0 rings (SSSR count). The van der Waals surface area contributed by atoms with Crippen molar-refractivity contribution in [2.45, 2.75) is 238 Å². The van der Waals surface area contributed by atoms with E-state index in [-0.39, 0.29) is 25.9 Å². The molecular weight excluding hydrogens is 1020 g/mol. The third kappa shape index (κ3) is 58.0. The molecule has 12 heteroatoms. The fourth-order valence-electron chi connectivity index (χ4n) is 7.63. The van der Waals surface area contributed by atoms with Crippen molar-refractivity contribution in [1.29, 1.82) is 0 Å². The van der Waals surface area contributed by atoms with Crippen LogP contribution in [-0.2, 0) is 42.2 Å². The van der Waals surface area contributed by atoms with Crippen LogP contribution in [0.1, 0.15) is 226 Å². The molecule has 0 saturated carbocycles.